The van der Waals surface area contributed by atoms with E-state index in [1.165, 1.54) is 44.1 Å². The summed E-state index contributed by atoms with van der Waals surface area (Å²) >= 11 is 0. The summed E-state index contributed by atoms with van der Waals surface area (Å²) in [4.78, 5) is 0. The maximum absolute atomic E-state index is 6.43. The van der Waals surface area contributed by atoms with Gasteiger partial charge in [0, 0.05) is 11.0 Å². The average molecular weight is 213 g/mol. The van der Waals surface area contributed by atoms with E-state index in [0.717, 1.165) is 5.92 Å². The van der Waals surface area contributed by atoms with Crippen molar-refractivity contribution in [3.63, 3.8) is 0 Å². The van der Waals surface area contributed by atoms with Crippen molar-refractivity contribution in [3.05, 3.63) is 35.4 Å². The molecule has 1 heteroatoms. The Morgan fingerprint density at radius 2 is 1.56 bits per heavy atom. The first-order chi connectivity index (χ1) is 7.74. The lowest BCUT2D eigenvalue weighted by Gasteiger charge is -2.23. The van der Waals surface area contributed by atoms with Gasteiger partial charge in [0.2, 0.25) is 0 Å². The molecule has 1 aromatic rings. The molecule has 4 rings (SSSR count). The quantitative estimate of drug-likeness (QED) is 0.820. The first-order valence-electron chi connectivity index (χ1n) is 6.63. The highest BCUT2D eigenvalue weighted by molar-refractivity contribution is 5.42. The second kappa shape index (κ2) is 2.70. The molecule has 3 aliphatic rings. The topological polar surface area (TPSA) is 26.0 Å². The van der Waals surface area contributed by atoms with Crippen LogP contribution in [0.1, 0.15) is 55.6 Å². The molecular formula is C15H19N. The Labute approximate surface area is 97.0 Å². The molecule has 3 saturated carbocycles. The first kappa shape index (κ1) is 9.23. The molecular weight excluding hydrogens is 194 g/mol. The van der Waals surface area contributed by atoms with E-state index in [2.05, 4.69) is 24.3 Å². The van der Waals surface area contributed by atoms with Crippen LogP contribution < -0.4 is 5.73 Å². The minimum Gasteiger partial charge on any atom is -0.324 e. The number of benzene rings is 1. The van der Waals surface area contributed by atoms with E-state index in [0.29, 0.717) is 5.41 Å². The predicted molar refractivity (Wildman–Crippen MR) is 65.5 cm³/mol. The van der Waals surface area contributed by atoms with E-state index >= 15 is 0 Å². The smallest absolute Gasteiger partial charge is 0.0253 e. The zero-order valence-corrected chi connectivity index (χ0v) is 9.71. The van der Waals surface area contributed by atoms with Gasteiger partial charge in [0.15, 0.2) is 0 Å². The van der Waals surface area contributed by atoms with Crippen molar-refractivity contribution in [2.75, 3.05) is 0 Å². The molecule has 0 aliphatic heterocycles. The molecule has 3 fully saturated rings. The van der Waals surface area contributed by atoms with E-state index in [9.17, 15) is 0 Å². The summed E-state index contributed by atoms with van der Waals surface area (Å²) in [6.45, 7) is 0. The standard InChI is InChI=1S/C15H19N/c16-15(9-10-15)14(7-8-14)13-5-3-12(4-6-13)11-1-2-11/h3-6,11H,1-2,7-10,16H2. The molecule has 16 heavy (non-hydrogen) atoms. The van der Waals surface area contributed by atoms with Gasteiger partial charge in [-0.2, -0.15) is 0 Å². The fraction of sp³-hybridized carbons (Fsp3) is 0.600. The lowest BCUT2D eigenvalue weighted by molar-refractivity contribution is 0.503. The van der Waals surface area contributed by atoms with Crippen LogP contribution in [0.15, 0.2) is 24.3 Å². The van der Waals surface area contributed by atoms with Gasteiger partial charge in [0.25, 0.3) is 0 Å². The highest BCUT2D eigenvalue weighted by Gasteiger charge is 2.63. The van der Waals surface area contributed by atoms with E-state index in [-0.39, 0.29) is 5.54 Å². The van der Waals surface area contributed by atoms with E-state index in [1.54, 1.807) is 5.56 Å². The van der Waals surface area contributed by atoms with Crippen LogP contribution in [-0.2, 0) is 5.41 Å². The Morgan fingerprint density at radius 3 is 2.00 bits per heavy atom. The lowest BCUT2D eigenvalue weighted by Crippen LogP contribution is -2.37. The summed E-state index contributed by atoms with van der Waals surface area (Å²) in [5.41, 5.74) is 10.0. The molecule has 0 heterocycles. The maximum Gasteiger partial charge on any atom is 0.0253 e. The molecule has 0 unspecified atom stereocenters. The summed E-state index contributed by atoms with van der Waals surface area (Å²) in [7, 11) is 0. The number of hydrogen-bond donors (Lipinski definition) is 1. The van der Waals surface area contributed by atoms with Gasteiger partial charge in [0.1, 0.15) is 0 Å². The minimum absolute atomic E-state index is 0.161. The zero-order valence-electron chi connectivity index (χ0n) is 9.71. The molecule has 0 amide bonds. The second-order valence-electron chi connectivity index (χ2n) is 6.13. The fourth-order valence-corrected chi connectivity index (χ4v) is 3.30. The molecule has 0 saturated heterocycles. The largest absolute Gasteiger partial charge is 0.324 e. The van der Waals surface area contributed by atoms with Gasteiger partial charge in [0.05, 0.1) is 0 Å². The highest BCUT2D eigenvalue weighted by atomic mass is 14.9. The lowest BCUT2D eigenvalue weighted by atomic mass is 9.85. The maximum atomic E-state index is 6.43. The third-order valence-electron chi connectivity index (χ3n) is 5.00. The normalized spacial score (nSPS) is 28.8. The van der Waals surface area contributed by atoms with Crippen LogP contribution in [0, 0.1) is 0 Å². The predicted octanol–water partition coefficient (Wildman–Crippen LogP) is 3.09. The average Bonchev–Trinajstić information content (AvgIpc) is 3.11. The van der Waals surface area contributed by atoms with Gasteiger partial charge in [-0.15, -0.1) is 0 Å². The van der Waals surface area contributed by atoms with Gasteiger partial charge in [-0.05, 0) is 55.6 Å². The van der Waals surface area contributed by atoms with Crippen molar-refractivity contribution < 1.29 is 0 Å². The van der Waals surface area contributed by atoms with E-state index in [4.69, 9.17) is 5.73 Å². The summed E-state index contributed by atoms with van der Waals surface area (Å²) in [5, 5.41) is 0. The molecule has 0 aromatic heterocycles. The van der Waals surface area contributed by atoms with Crippen LogP contribution >= 0.6 is 0 Å². The van der Waals surface area contributed by atoms with Crippen molar-refractivity contribution in [1.29, 1.82) is 0 Å². The van der Waals surface area contributed by atoms with Crippen LogP contribution in [0.5, 0.6) is 0 Å². The molecule has 2 N–H and O–H groups in total. The summed E-state index contributed by atoms with van der Waals surface area (Å²) in [6, 6.07) is 9.40. The Kier molecular flexibility index (Phi) is 1.56. The first-order valence-corrected chi connectivity index (χ1v) is 6.63. The highest BCUT2D eigenvalue weighted by Crippen LogP contribution is 2.63. The van der Waals surface area contributed by atoms with Crippen LogP contribution in [0.2, 0.25) is 0 Å². The van der Waals surface area contributed by atoms with Crippen LogP contribution in [0.4, 0.5) is 0 Å². The Balaban J connectivity index is 1.67. The van der Waals surface area contributed by atoms with Crippen molar-refractivity contribution >= 4 is 0 Å². The second-order valence-corrected chi connectivity index (χ2v) is 6.13. The van der Waals surface area contributed by atoms with Crippen molar-refractivity contribution in [1.82, 2.24) is 0 Å². The summed E-state index contributed by atoms with van der Waals surface area (Å²) in [5.74, 6) is 0.872. The van der Waals surface area contributed by atoms with Crippen molar-refractivity contribution in [2.24, 2.45) is 5.73 Å². The van der Waals surface area contributed by atoms with E-state index < -0.39 is 0 Å². The number of nitrogens with two attached hydrogens (primary N) is 1. The SMILES string of the molecule is NC1(C2(c3ccc(C4CC4)cc3)CC2)CC1. The van der Waals surface area contributed by atoms with Gasteiger partial charge in [-0.1, -0.05) is 24.3 Å². The summed E-state index contributed by atoms with van der Waals surface area (Å²) in [6.07, 6.45) is 7.88. The zero-order chi connectivity index (χ0) is 10.8. The number of hydrogen-bond acceptors (Lipinski definition) is 1. The molecule has 0 bridgehead atoms. The van der Waals surface area contributed by atoms with Crippen molar-refractivity contribution in [2.45, 2.75) is 55.4 Å². The van der Waals surface area contributed by atoms with Gasteiger partial charge >= 0.3 is 0 Å². The Hall–Kier alpha value is -0.820. The van der Waals surface area contributed by atoms with Gasteiger partial charge < -0.3 is 5.73 Å². The van der Waals surface area contributed by atoms with Gasteiger partial charge in [-0.25, -0.2) is 0 Å². The third-order valence-corrected chi connectivity index (χ3v) is 5.00. The summed E-state index contributed by atoms with van der Waals surface area (Å²) < 4.78 is 0. The molecule has 84 valence electrons. The molecule has 0 spiro atoms. The number of rotatable bonds is 3. The van der Waals surface area contributed by atoms with Crippen LogP contribution in [0.3, 0.4) is 0 Å². The van der Waals surface area contributed by atoms with Gasteiger partial charge in [-0.3, -0.25) is 0 Å². The minimum atomic E-state index is 0.161. The molecule has 0 radical (unpaired) electrons. The Morgan fingerprint density at radius 1 is 0.938 bits per heavy atom. The molecule has 3 aliphatic carbocycles. The van der Waals surface area contributed by atoms with Crippen LogP contribution in [0.25, 0.3) is 0 Å². The van der Waals surface area contributed by atoms with E-state index in [1.807, 2.05) is 0 Å². The molecule has 1 aromatic carbocycles. The Bertz CT molecular complexity index is 419. The monoisotopic (exact) mass is 213 g/mol. The van der Waals surface area contributed by atoms with Crippen molar-refractivity contribution in [3.8, 4) is 0 Å². The molecule has 1 nitrogen and oxygen atoms in total. The third kappa shape index (κ3) is 1.15. The molecule has 0 atom stereocenters. The fourth-order valence-electron chi connectivity index (χ4n) is 3.30. The van der Waals surface area contributed by atoms with Crippen LogP contribution in [-0.4, -0.2) is 5.54 Å².